The summed E-state index contributed by atoms with van der Waals surface area (Å²) in [7, 11) is 0. The molecule has 1 heterocycles. The van der Waals surface area contributed by atoms with E-state index in [1.165, 1.54) is 24.5 Å². The molecule has 0 aliphatic heterocycles. The van der Waals surface area contributed by atoms with Crippen LogP contribution in [0.2, 0.25) is 0 Å². The average molecular weight is 285 g/mol. The van der Waals surface area contributed by atoms with Gasteiger partial charge in [-0.15, -0.1) is 0 Å². The Hall–Kier alpha value is -1.58. The maximum absolute atomic E-state index is 11.8. The molecule has 6 atom stereocenters. The van der Waals surface area contributed by atoms with Crippen LogP contribution >= 0.6 is 0 Å². The molecule has 0 saturated heterocycles. The number of nitrogens with zero attached hydrogens (tertiary/aromatic N) is 1. The van der Waals surface area contributed by atoms with Crippen LogP contribution in [0.1, 0.15) is 10.4 Å². The van der Waals surface area contributed by atoms with Crippen molar-refractivity contribution in [1.82, 2.24) is 4.98 Å². The maximum Gasteiger partial charge on any atom is 0.340 e. The van der Waals surface area contributed by atoms with Gasteiger partial charge in [-0.1, -0.05) is 0 Å². The highest BCUT2D eigenvalue weighted by molar-refractivity contribution is 5.89. The van der Waals surface area contributed by atoms with E-state index in [-0.39, 0.29) is 5.56 Å². The van der Waals surface area contributed by atoms with Crippen molar-refractivity contribution in [3.8, 4) is 0 Å². The minimum absolute atomic E-state index is 0.0852. The second kappa shape index (κ2) is 5.81. The molecule has 8 heteroatoms. The molecule has 1 saturated carbocycles. The third kappa shape index (κ3) is 2.65. The van der Waals surface area contributed by atoms with Crippen molar-refractivity contribution < 1.29 is 35.1 Å². The summed E-state index contributed by atoms with van der Waals surface area (Å²) in [5.41, 5.74) is 0.0852. The van der Waals surface area contributed by atoms with E-state index in [9.17, 15) is 30.3 Å². The third-order valence-corrected chi connectivity index (χ3v) is 3.21. The molecule has 20 heavy (non-hydrogen) atoms. The van der Waals surface area contributed by atoms with E-state index in [2.05, 4.69) is 4.98 Å². The molecule has 1 aromatic heterocycles. The van der Waals surface area contributed by atoms with Crippen molar-refractivity contribution in [3.05, 3.63) is 30.1 Å². The SMILES string of the molecule is O=C(OC1[C@@H](O)[C@@H](O)C(O)[C@@H](O)[C@H]1O)c1cccnc1. The molecule has 8 nitrogen and oxygen atoms in total. The van der Waals surface area contributed by atoms with Gasteiger partial charge in [0, 0.05) is 12.4 Å². The molecule has 1 aliphatic rings. The highest BCUT2D eigenvalue weighted by Crippen LogP contribution is 2.24. The molecule has 0 spiro atoms. The maximum atomic E-state index is 11.8. The van der Waals surface area contributed by atoms with E-state index >= 15 is 0 Å². The van der Waals surface area contributed by atoms with Gasteiger partial charge in [-0.25, -0.2) is 4.79 Å². The summed E-state index contributed by atoms with van der Waals surface area (Å²) in [4.78, 5) is 15.5. The number of aromatic nitrogens is 1. The zero-order chi connectivity index (χ0) is 14.9. The van der Waals surface area contributed by atoms with Crippen molar-refractivity contribution >= 4 is 5.97 Å². The predicted molar refractivity (Wildman–Crippen MR) is 63.5 cm³/mol. The van der Waals surface area contributed by atoms with Gasteiger partial charge in [0.15, 0.2) is 6.10 Å². The van der Waals surface area contributed by atoms with E-state index in [1.807, 2.05) is 0 Å². The second-order valence-corrected chi connectivity index (χ2v) is 4.56. The van der Waals surface area contributed by atoms with Crippen LogP contribution in [0.5, 0.6) is 0 Å². The van der Waals surface area contributed by atoms with Crippen LogP contribution in [0.25, 0.3) is 0 Å². The van der Waals surface area contributed by atoms with Gasteiger partial charge < -0.3 is 30.3 Å². The lowest BCUT2D eigenvalue weighted by Gasteiger charge is -2.41. The summed E-state index contributed by atoms with van der Waals surface area (Å²) < 4.78 is 4.88. The van der Waals surface area contributed by atoms with Gasteiger partial charge >= 0.3 is 5.97 Å². The van der Waals surface area contributed by atoms with Crippen LogP contribution in [0.3, 0.4) is 0 Å². The van der Waals surface area contributed by atoms with E-state index in [0.717, 1.165) is 0 Å². The van der Waals surface area contributed by atoms with Gasteiger partial charge in [0.1, 0.15) is 30.5 Å². The molecule has 2 rings (SSSR count). The summed E-state index contributed by atoms with van der Waals surface area (Å²) in [6, 6.07) is 2.91. The molecule has 2 unspecified atom stereocenters. The average Bonchev–Trinajstić information content (AvgIpc) is 2.48. The first kappa shape index (κ1) is 14.8. The number of ether oxygens (including phenoxy) is 1. The van der Waals surface area contributed by atoms with Gasteiger partial charge in [-0.05, 0) is 12.1 Å². The Morgan fingerprint density at radius 3 is 2.05 bits per heavy atom. The molecule has 1 aliphatic carbocycles. The topological polar surface area (TPSA) is 140 Å². The number of rotatable bonds is 2. The zero-order valence-corrected chi connectivity index (χ0v) is 10.3. The highest BCUT2D eigenvalue weighted by atomic mass is 16.6. The number of esters is 1. The van der Waals surface area contributed by atoms with Crippen LogP contribution in [0, 0.1) is 0 Å². The highest BCUT2D eigenvalue weighted by Gasteiger charge is 2.50. The predicted octanol–water partition coefficient (Wildman–Crippen LogP) is -2.57. The Morgan fingerprint density at radius 1 is 1.00 bits per heavy atom. The van der Waals surface area contributed by atoms with E-state index in [1.54, 1.807) is 0 Å². The minimum Gasteiger partial charge on any atom is -0.453 e. The summed E-state index contributed by atoms with van der Waals surface area (Å²) >= 11 is 0. The van der Waals surface area contributed by atoms with Crippen molar-refractivity contribution in [2.75, 3.05) is 0 Å². The van der Waals surface area contributed by atoms with E-state index in [4.69, 9.17) is 4.74 Å². The number of carbonyl (C=O) groups is 1. The number of aliphatic hydroxyl groups excluding tert-OH is 5. The first-order chi connectivity index (χ1) is 9.43. The van der Waals surface area contributed by atoms with Crippen molar-refractivity contribution in [3.63, 3.8) is 0 Å². The fourth-order valence-electron chi connectivity index (χ4n) is 2.01. The fourth-order valence-corrected chi connectivity index (χ4v) is 2.01. The van der Waals surface area contributed by atoms with Crippen molar-refractivity contribution in [2.24, 2.45) is 0 Å². The number of hydrogen-bond acceptors (Lipinski definition) is 8. The number of aliphatic hydroxyl groups is 5. The standard InChI is InChI=1S/C12H15NO7/c14-6-7(15)9(17)11(10(18)8(6)16)20-12(19)5-2-1-3-13-4-5/h1-4,6-11,14-18H/t6?,7-,8+,9-,10+,11?. The van der Waals surface area contributed by atoms with Crippen LogP contribution in [-0.2, 0) is 4.74 Å². The van der Waals surface area contributed by atoms with Crippen molar-refractivity contribution in [1.29, 1.82) is 0 Å². The smallest absolute Gasteiger partial charge is 0.340 e. The molecule has 5 N–H and O–H groups in total. The summed E-state index contributed by atoms with van der Waals surface area (Å²) in [6.45, 7) is 0. The normalized spacial score (nSPS) is 37.5. The van der Waals surface area contributed by atoms with Gasteiger partial charge in [0.05, 0.1) is 5.56 Å². The molecule has 0 aromatic carbocycles. The molecule has 0 radical (unpaired) electrons. The van der Waals surface area contributed by atoms with Crippen molar-refractivity contribution in [2.45, 2.75) is 36.6 Å². The molecule has 1 fully saturated rings. The van der Waals surface area contributed by atoms with E-state index < -0.39 is 42.6 Å². The molecular formula is C12H15NO7. The van der Waals surface area contributed by atoms with Crippen LogP contribution < -0.4 is 0 Å². The largest absolute Gasteiger partial charge is 0.453 e. The van der Waals surface area contributed by atoms with Gasteiger partial charge in [-0.2, -0.15) is 0 Å². The zero-order valence-electron chi connectivity index (χ0n) is 10.3. The van der Waals surface area contributed by atoms with Gasteiger partial charge in [-0.3, -0.25) is 4.98 Å². The first-order valence-corrected chi connectivity index (χ1v) is 5.95. The molecule has 0 amide bonds. The number of pyridine rings is 1. The lowest BCUT2D eigenvalue weighted by molar-refractivity contribution is -0.223. The molecule has 1 aromatic rings. The van der Waals surface area contributed by atoms with Crippen LogP contribution in [-0.4, -0.2) is 73.1 Å². The van der Waals surface area contributed by atoms with Crippen LogP contribution in [0.4, 0.5) is 0 Å². The van der Waals surface area contributed by atoms with Gasteiger partial charge in [0.25, 0.3) is 0 Å². The molecule has 110 valence electrons. The number of carbonyl (C=O) groups excluding carboxylic acids is 1. The third-order valence-electron chi connectivity index (χ3n) is 3.21. The fraction of sp³-hybridized carbons (Fsp3) is 0.500. The Bertz CT molecular complexity index is 452. The Morgan fingerprint density at radius 2 is 1.55 bits per heavy atom. The molecular weight excluding hydrogens is 270 g/mol. The summed E-state index contributed by atoms with van der Waals surface area (Å²) in [6.07, 6.45) is -7.52. The minimum atomic E-state index is -1.74. The van der Waals surface area contributed by atoms with Crippen LogP contribution in [0.15, 0.2) is 24.5 Å². The Kier molecular flexibility index (Phi) is 4.31. The first-order valence-electron chi connectivity index (χ1n) is 5.95. The second-order valence-electron chi connectivity index (χ2n) is 4.56. The summed E-state index contributed by atoms with van der Waals surface area (Å²) in [5, 5.41) is 47.8. The van der Waals surface area contributed by atoms with E-state index in [0.29, 0.717) is 0 Å². The summed E-state index contributed by atoms with van der Waals surface area (Å²) in [5.74, 6) is -0.878. The monoisotopic (exact) mass is 285 g/mol. The number of hydrogen-bond donors (Lipinski definition) is 5. The quantitative estimate of drug-likeness (QED) is 0.373. The lowest BCUT2D eigenvalue weighted by atomic mass is 9.85. The molecule has 0 bridgehead atoms. The Balaban J connectivity index is 2.13. The van der Waals surface area contributed by atoms with Gasteiger partial charge in [0.2, 0.25) is 0 Å². The lowest BCUT2D eigenvalue weighted by Crippen LogP contribution is -2.64. The Labute approximate surface area is 113 Å².